The zero-order valence-electron chi connectivity index (χ0n) is 11.4. The average molecular weight is 289 g/mol. The third kappa shape index (κ3) is 3.84. The molecule has 0 aromatic heterocycles. The fourth-order valence-corrected chi connectivity index (χ4v) is 2.30. The van der Waals surface area contributed by atoms with Gasteiger partial charge in [-0.3, -0.25) is 4.79 Å². The highest BCUT2D eigenvalue weighted by Crippen LogP contribution is 2.24. The molecule has 2 aromatic carbocycles. The van der Waals surface area contributed by atoms with Crippen LogP contribution in [0.4, 0.5) is 0 Å². The Kier molecular flexibility index (Phi) is 5.19. The lowest BCUT2D eigenvalue weighted by Crippen LogP contribution is -2.03. The van der Waals surface area contributed by atoms with Crippen LogP contribution in [0.3, 0.4) is 0 Å². The molecule has 0 atom stereocenters. The van der Waals surface area contributed by atoms with E-state index >= 15 is 0 Å². The van der Waals surface area contributed by atoms with Crippen LogP contribution in [-0.2, 0) is 6.42 Å². The zero-order valence-corrected chi connectivity index (χ0v) is 12.2. The molecule has 0 aliphatic rings. The van der Waals surface area contributed by atoms with E-state index in [-0.39, 0.29) is 5.78 Å². The van der Waals surface area contributed by atoms with E-state index in [1.807, 2.05) is 18.2 Å². The van der Waals surface area contributed by atoms with Crippen molar-refractivity contribution in [3.8, 4) is 5.75 Å². The molecule has 2 rings (SSSR count). The van der Waals surface area contributed by atoms with E-state index in [2.05, 4.69) is 12.1 Å². The molecule has 0 unspecified atom stereocenters. The molecule has 0 saturated heterocycles. The van der Waals surface area contributed by atoms with Gasteiger partial charge in [0.2, 0.25) is 0 Å². The van der Waals surface area contributed by atoms with Gasteiger partial charge in [0.15, 0.2) is 5.78 Å². The third-order valence-corrected chi connectivity index (χ3v) is 3.41. The molecule has 0 aliphatic heterocycles. The summed E-state index contributed by atoms with van der Waals surface area (Å²) in [6, 6.07) is 15.3. The molecule has 3 heteroatoms. The summed E-state index contributed by atoms with van der Waals surface area (Å²) in [6.07, 6.45) is 2.21. The Hall–Kier alpha value is -1.80. The lowest BCUT2D eigenvalue weighted by molar-refractivity contribution is 0.0977. The fourth-order valence-electron chi connectivity index (χ4n) is 2.13. The first-order valence-electron chi connectivity index (χ1n) is 6.61. The number of rotatable bonds is 6. The van der Waals surface area contributed by atoms with Crippen molar-refractivity contribution in [1.29, 1.82) is 0 Å². The van der Waals surface area contributed by atoms with Gasteiger partial charge in [0.05, 0.1) is 12.7 Å². The highest BCUT2D eigenvalue weighted by molar-refractivity contribution is 6.31. The quantitative estimate of drug-likeness (QED) is 0.729. The van der Waals surface area contributed by atoms with Crippen LogP contribution < -0.4 is 4.74 Å². The number of carbonyl (C=O) groups excluding carboxylic acids is 1. The van der Waals surface area contributed by atoms with Gasteiger partial charge in [-0.2, -0.15) is 0 Å². The number of halogens is 1. The van der Waals surface area contributed by atoms with Gasteiger partial charge in [-0.05, 0) is 36.6 Å². The van der Waals surface area contributed by atoms with Gasteiger partial charge >= 0.3 is 0 Å². The van der Waals surface area contributed by atoms with Crippen molar-refractivity contribution >= 4 is 17.4 Å². The Morgan fingerprint density at radius 3 is 2.60 bits per heavy atom. The minimum absolute atomic E-state index is 0.0697. The van der Waals surface area contributed by atoms with Crippen LogP contribution in [-0.4, -0.2) is 12.9 Å². The van der Waals surface area contributed by atoms with E-state index in [4.69, 9.17) is 16.3 Å². The molecule has 2 nitrogen and oxygen atoms in total. The van der Waals surface area contributed by atoms with Crippen LogP contribution in [0.5, 0.6) is 5.75 Å². The van der Waals surface area contributed by atoms with Crippen LogP contribution in [0.1, 0.15) is 28.8 Å². The number of ketones is 1. The van der Waals surface area contributed by atoms with E-state index < -0.39 is 0 Å². The van der Waals surface area contributed by atoms with E-state index in [1.54, 1.807) is 25.3 Å². The van der Waals surface area contributed by atoms with Gasteiger partial charge in [-0.15, -0.1) is 0 Å². The summed E-state index contributed by atoms with van der Waals surface area (Å²) in [5.41, 5.74) is 1.81. The molecule has 0 spiro atoms. The van der Waals surface area contributed by atoms with E-state index in [0.29, 0.717) is 22.8 Å². The normalized spacial score (nSPS) is 10.3. The summed E-state index contributed by atoms with van der Waals surface area (Å²) in [7, 11) is 1.56. The van der Waals surface area contributed by atoms with Crippen molar-refractivity contribution in [2.75, 3.05) is 7.11 Å². The maximum absolute atomic E-state index is 12.2. The van der Waals surface area contributed by atoms with Crippen LogP contribution in [0.15, 0.2) is 48.5 Å². The second-order valence-corrected chi connectivity index (χ2v) is 5.04. The maximum atomic E-state index is 12.2. The van der Waals surface area contributed by atoms with E-state index in [9.17, 15) is 4.79 Å². The van der Waals surface area contributed by atoms with Gasteiger partial charge < -0.3 is 4.74 Å². The monoisotopic (exact) mass is 288 g/mol. The number of hydrogen-bond acceptors (Lipinski definition) is 2. The molecule has 2 aromatic rings. The van der Waals surface area contributed by atoms with Gasteiger partial charge in [-0.1, -0.05) is 41.9 Å². The van der Waals surface area contributed by atoms with Crippen molar-refractivity contribution in [1.82, 2.24) is 0 Å². The molecular formula is C17H17ClO2. The number of benzene rings is 2. The topological polar surface area (TPSA) is 26.3 Å². The first-order valence-corrected chi connectivity index (χ1v) is 6.99. The molecule has 0 bridgehead atoms. The first kappa shape index (κ1) is 14.6. The highest BCUT2D eigenvalue weighted by Gasteiger charge is 2.12. The predicted molar refractivity (Wildman–Crippen MR) is 81.7 cm³/mol. The molecule has 0 saturated carbocycles. The second-order valence-electron chi connectivity index (χ2n) is 4.61. The summed E-state index contributed by atoms with van der Waals surface area (Å²) in [5.74, 6) is 0.652. The molecule has 20 heavy (non-hydrogen) atoms. The Bertz CT molecular complexity index is 579. The molecule has 0 aliphatic carbocycles. The predicted octanol–water partition coefficient (Wildman–Crippen LogP) is 4.55. The lowest BCUT2D eigenvalue weighted by atomic mass is 10.0. The summed E-state index contributed by atoms with van der Waals surface area (Å²) < 4.78 is 5.21. The van der Waals surface area contributed by atoms with Gasteiger partial charge in [-0.25, -0.2) is 0 Å². The van der Waals surface area contributed by atoms with Crippen molar-refractivity contribution < 1.29 is 9.53 Å². The number of carbonyl (C=O) groups is 1. The van der Waals surface area contributed by atoms with Crippen LogP contribution >= 0.6 is 11.6 Å². The van der Waals surface area contributed by atoms with Gasteiger partial charge in [0, 0.05) is 11.4 Å². The number of aryl methyl sites for hydroxylation is 1. The number of Topliss-reactive ketones (excluding diaryl/α,β-unsaturated/α-hetero) is 1. The van der Waals surface area contributed by atoms with Gasteiger partial charge in [0.25, 0.3) is 0 Å². The van der Waals surface area contributed by atoms with Gasteiger partial charge in [0.1, 0.15) is 5.75 Å². The Morgan fingerprint density at radius 2 is 1.90 bits per heavy atom. The van der Waals surface area contributed by atoms with Crippen LogP contribution in [0, 0.1) is 0 Å². The van der Waals surface area contributed by atoms with Crippen molar-refractivity contribution in [2.45, 2.75) is 19.3 Å². The van der Waals surface area contributed by atoms with E-state index in [0.717, 1.165) is 12.8 Å². The minimum Gasteiger partial charge on any atom is -0.496 e. The number of ether oxygens (including phenoxy) is 1. The Labute approximate surface area is 124 Å². The molecule has 0 amide bonds. The minimum atomic E-state index is 0.0697. The molecular weight excluding hydrogens is 272 g/mol. The lowest BCUT2D eigenvalue weighted by Gasteiger charge is -2.08. The van der Waals surface area contributed by atoms with E-state index in [1.165, 1.54) is 5.56 Å². The zero-order chi connectivity index (χ0) is 14.4. The third-order valence-electron chi connectivity index (χ3n) is 3.17. The molecule has 0 N–H and O–H groups in total. The smallest absolute Gasteiger partial charge is 0.166 e. The molecule has 0 heterocycles. The fraction of sp³-hybridized carbons (Fsp3) is 0.235. The summed E-state index contributed by atoms with van der Waals surface area (Å²) in [5, 5.41) is 0.553. The number of hydrogen-bond donors (Lipinski definition) is 0. The van der Waals surface area contributed by atoms with Crippen molar-refractivity contribution in [3.63, 3.8) is 0 Å². The van der Waals surface area contributed by atoms with Crippen LogP contribution in [0.2, 0.25) is 5.02 Å². The van der Waals surface area contributed by atoms with Crippen molar-refractivity contribution in [2.24, 2.45) is 0 Å². The Balaban J connectivity index is 1.97. The standard InChI is InChI=1S/C17H17ClO2/c1-20-17-11-10-14(18)12-15(17)16(19)9-5-8-13-6-3-2-4-7-13/h2-4,6-7,10-12H,5,8-9H2,1H3. The van der Waals surface area contributed by atoms with Crippen LogP contribution in [0.25, 0.3) is 0 Å². The number of methoxy groups -OCH3 is 1. The molecule has 0 radical (unpaired) electrons. The first-order chi connectivity index (χ1) is 9.70. The highest BCUT2D eigenvalue weighted by atomic mass is 35.5. The SMILES string of the molecule is COc1ccc(Cl)cc1C(=O)CCCc1ccccc1. The average Bonchev–Trinajstić information content (AvgIpc) is 2.48. The second kappa shape index (κ2) is 7.11. The summed E-state index contributed by atoms with van der Waals surface area (Å²) in [6.45, 7) is 0. The summed E-state index contributed by atoms with van der Waals surface area (Å²) >= 11 is 5.94. The molecule has 104 valence electrons. The Morgan fingerprint density at radius 1 is 1.15 bits per heavy atom. The maximum Gasteiger partial charge on any atom is 0.166 e. The molecule has 0 fully saturated rings. The summed E-state index contributed by atoms with van der Waals surface area (Å²) in [4.78, 5) is 12.2. The largest absolute Gasteiger partial charge is 0.496 e. The van der Waals surface area contributed by atoms with Crippen molar-refractivity contribution in [3.05, 3.63) is 64.7 Å².